The molecule has 1 N–H and O–H groups in total. The first-order valence-electron chi connectivity index (χ1n) is 12.7. The van der Waals surface area contributed by atoms with Gasteiger partial charge in [0, 0.05) is 38.4 Å². The average Bonchev–Trinajstić information content (AvgIpc) is 3.46. The van der Waals surface area contributed by atoms with Gasteiger partial charge in [0.05, 0.1) is 11.3 Å². The molecule has 2 amide bonds. The number of unbranched alkanes of at least 4 members (excludes halogenated alkanes) is 1. The molecule has 1 aromatic heterocycles. The van der Waals surface area contributed by atoms with Crippen LogP contribution >= 0.6 is 0 Å². The van der Waals surface area contributed by atoms with Crippen molar-refractivity contribution in [2.75, 3.05) is 36.5 Å². The predicted molar refractivity (Wildman–Crippen MR) is 143 cm³/mol. The second-order valence-electron chi connectivity index (χ2n) is 8.98. The van der Waals surface area contributed by atoms with Gasteiger partial charge in [0.15, 0.2) is 5.82 Å². The molecule has 0 saturated carbocycles. The van der Waals surface area contributed by atoms with Crippen molar-refractivity contribution >= 4 is 23.5 Å². The Balaban J connectivity index is 1.71. The number of amides is 2. The van der Waals surface area contributed by atoms with E-state index in [1.54, 1.807) is 24.2 Å². The predicted octanol–water partition coefficient (Wildman–Crippen LogP) is 5.65. The maximum absolute atomic E-state index is 13.2. The lowest BCUT2D eigenvalue weighted by atomic mass is 9.98. The first-order valence-corrected chi connectivity index (χ1v) is 12.7. The van der Waals surface area contributed by atoms with Gasteiger partial charge in [-0.1, -0.05) is 61.9 Å². The van der Waals surface area contributed by atoms with E-state index in [0.717, 1.165) is 55.7 Å². The number of aromatic nitrogens is 1. The molecule has 7 nitrogen and oxygen atoms in total. The van der Waals surface area contributed by atoms with Crippen LogP contribution in [-0.4, -0.2) is 43.7 Å². The van der Waals surface area contributed by atoms with Crippen LogP contribution in [0, 0.1) is 0 Å². The van der Waals surface area contributed by atoms with Crippen LogP contribution < -0.4 is 15.1 Å². The molecule has 0 radical (unpaired) electrons. The fourth-order valence-corrected chi connectivity index (χ4v) is 4.44. The zero-order valence-corrected chi connectivity index (χ0v) is 21.1. The molecule has 0 bridgehead atoms. The highest BCUT2D eigenvalue weighted by Crippen LogP contribution is 2.40. The summed E-state index contributed by atoms with van der Waals surface area (Å²) < 4.78 is 5.66. The Hall–Kier alpha value is -3.87. The van der Waals surface area contributed by atoms with Crippen LogP contribution in [-0.2, 0) is 11.3 Å². The van der Waals surface area contributed by atoms with E-state index in [2.05, 4.69) is 22.1 Å². The highest BCUT2D eigenvalue weighted by atomic mass is 16.5. The molecule has 1 aliphatic heterocycles. The van der Waals surface area contributed by atoms with Crippen molar-refractivity contribution in [1.29, 1.82) is 0 Å². The quantitative estimate of drug-likeness (QED) is 0.312. The largest absolute Gasteiger partial charge is 0.457 e. The molecule has 1 aliphatic rings. The van der Waals surface area contributed by atoms with Crippen molar-refractivity contribution < 1.29 is 14.3 Å². The summed E-state index contributed by atoms with van der Waals surface area (Å²) in [6.07, 6.45) is 5.83. The summed E-state index contributed by atoms with van der Waals surface area (Å²) in [7, 11) is 1.76. The first-order chi connectivity index (χ1) is 17.6. The number of nitrogens with one attached hydrogen (secondary N) is 1. The maximum atomic E-state index is 13.2. The standard InChI is InChI=1S/C29H34N4O3/c1-3-4-17-31-29(35)32(2)26-24(16-18-30-27(26)33-19-10-11-20-33)23-14-8-9-15-25(23)28(34)36-21-22-12-6-5-7-13-22/h5-9,12-16,18H,3-4,10-11,17,19-21H2,1-2H3,(H,31,35). The molecule has 0 atom stereocenters. The highest BCUT2D eigenvalue weighted by molar-refractivity contribution is 6.04. The number of carbonyl (C=O) groups excluding carboxylic acids is 2. The van der Waals surface area contributed by atoms with E-state index in [0.29, 0.717) is 23.4 Å². The molecule has 2 heterocycles. The molecular formula is C29H34N4O3. The van der Waals surface area contributed by atoms with Crippen LogP contribution in [0.1, 0.15) is 48.5 Å². The van der Waals surface area contributed by atoms with Crippen molar-refractivity contribution in [2.45, 2.75) is 39.2 Å². The third-order valence-electron chi connectivity index (χ3n) is 6.41. The van der Waals surface area contributed by atoms with Gasteiger partial charge in [0.1, 0.15) is 6.61 Å². The number of rotatable bonds is 9. The zero-order valence-electron chi connectivity index (χ0n) is 21.1. The number of urea groups is 1. The molecule has 0 aliphatic carbocycles. The Bertz CT molecular complexity index is 1180. The molecular weight excluding hydrogens is 452 g/mol. The molecule has 0 spiro atoms. The van der Waals surface area contributed by atoms with Crippen molar-refractivity contribution in [1.82, 2.24) is 10.3 Å². The van der Waals surface area contributed by atoms with Gasteiger partial charge >= 0.3 is 12.0 Å². The summed E-state index contributed by atoms with van der Waals surface area (Å²) in [5.74, 6) is 0.348. The van der Waals surface area contributed by atoms with Crippen molar-refractivity contribution in [3.05, 3.63) is 78.0 Å². The highest BCUT2D eigenvalue weighted by Gasteiger charge is 2.27. The van der Waals surface area contributed by atoms with E-state index in [9.17, 15) is 9.59 Å². The Morgan fingerprint density at radius 2 is 1.72 bits per heavy atom. The summed E-state index contributed by atoms with van der Waals surface area (Å²) in [6.45, 7) is 4.66. The van der Waals surface area contributed by atoms with Gasteiger partial charge in [-0.3, -0.25) is 4.90 Å². The lowest BCUT2D eigenvalue weighted by molar-refractivity contribution is 0.0473. The van der Waals surface area contributed by atoms with Gasteiger partial charge in [-0.25, -0.2) is 14.6 Å². The molecule has 36 heavy (non-hydrogen) atoms. The second-order valence-corrected chi connectivity index (χ2v) is 8.98. The van der Waals surface area contributed by atoms with E-state index in [-0.39, 0.29) is 12.6 Å². The van der Waals surface area contributed by atoms with Crippen LogP contribution in [0.25, 0.3) is 11.1 Å². The van der Waals surface area contributed by atoms with Crippen LogP contribution in [0.2, 0.25) is 0 Å². The van der Waals surface area contributed by atoms with Crippen molar-refractivity contribution in [3.8, 4) is 11.1 Å². The SMILES string of the molecule is CCCCNC(=O)N(C)c1c(-c2ccccc2C(=O)OCc2ccccc2)ccnc1N1CCCC1. The third-order valence-corrected chi connectivity index (χ3v) is 6.41. The summed E-state index contributed by atoms with van der Waals surface area (Å²) in [4.78, 5) is 34.8. The lowest BCUT2D eigenvalue weighted by Crippen LogP contribution is -2.39. The monoisotopic (exact) mass is 486 g/mol. The number of benzene rings is 2. The Labute approximate surface area is 213 Å². The first kappa shape index (κ1) is 25.2. The second kappa shape index (κ2) is 12.2. The van der Waals surface area contributed by atoms with Gasteiger partial charge in [0.2, 0.25) is 0 Å². The number of nitrogens with zero attached hydrogens (tertiary/aromatic N) is 3. The fraction of sp³-hybridized carbons (Fsp3) is 0.345. The summed E-state index contributed by atoms with van der Waals surface area (Å²) >= 11 is 0. The molecule has 2 aromatic carbocycles. The molecule has 188 valence electrons. The van der Waals surface area contributed by atoms with Gasteiger partial charge in [-0.15, -0.1) is 0 Å². The lowest BCUT2D eigenvalue weighted by Gasteiger charge is -2.28. The van der Waals surface area contributed by atoms with E-state index in [4.69, 9.17) is 4.74 Å². The fourth-order valence-electron chi connectivity index (χ4n) is 4.44. The number of ether oxygens (including phenoxy) is 1. The van der Waals surface area contributed by atoms with Crippen LogP contribution in [0.15, 0.2) is 66.9 Å². The number of carbonyl (C=O) groups is 2. The smallest absolute Gasteiger partial charge is 0.339 e. The van der Waals surface area contributed by atoms with E-state index < -0.39 is 5.97 Å². The van der Waals surface area contributed by atoms with Gasteiger partial charge in [-0.05, 0) is 42.5 Å². The molecule has 0 unspecified atom stereocenters. The minimum atomic E-state index is -0.407. The van der Waals surface area contributed by atoms with Gasteiger partial charge < -0.3 is 15.0 Å². The van der Waals surface area contributed by atoms with Crippen LogP contribution in [0.4, 0.5) is 16.3 Å². The number of hydrogen-bond acceptors (Lipinski definition) is 5. The normalized spacial score (nSPS) is 12.9. The summed E-state index contributed by atoms with van der Waals surface area (Å²) in [5.41, 5.74) is 3.55. The average molecular weight is 487 g/mol. The topological polar surface area (TPSA) is 74.8 Å². The molecule has 7 heteroatoms. The Kier molecular flexibility index (Phi) is 8.55. The summed E-state index contributed by atoms with van der Waals surface area (Å²) in [5, 5.41) is 3.00. The number of pyridine rings is 1. The molecule has 3 aromatic rings. The number of anilines is 2. The van der Waals surface area contributed by atoms with Gasteiger partial charge in [-0.2, -0.15) is 0 Å². The summed E-state index contributed by atoms with van der Waals surface area (Å²) in [6, 6.07) is 18.7. The van der Waals surface area contributed by atoms with Crippen LogP contribution in [0.5, 0.6) is 0 Å². The molecule has 4 rings (SSSR count). The molecule has 1 fully saturated rings. The Morgan fingerprint density at radius 3 is 2.47 bits per heavy atom. The maximum Gasteiger partial charge on any atom is 0.339 e. The Morgan fingerprint density at radius 1 is 1.00 bits per heavy atom. The third kappa shape index (κ3) is 5.85. The molecule has 1 saturated heterocycles. The van der Waals surface area contributed by atoms with Crippen LogP contribution in [0.3, 0.4) is 0 Å². The zero-order chi connectivity index (χ0) is 25.3. The number of esters is 1. The minimum absolute atomic E-state index is 0.190. The van der Waals surface area contributed by atoms with Crippen molar-refractivity contribution in [3.63, 3.8) is 0 Å². The number of hydrogen-bond donors (Lipinski definition) is 1. The van der Waals surface area contributed by atoms with E-state index in [1.165, 1.54) is 0 Å². The van der Waals surface area contributed by atoms with Crippen molar-refractivity contribution in [2.24, 2.45) is 0 Å². The van der Waals surface area contributed by atoms with E-state index >= 15 is 0 Å². The van der Waals surface area contributed by atoms with E-state index in [1.807, 2.05) is 54.6 Å². The minimum Gasteiger partial charge on any atom is -0.457 e. The van der Waals surface area contributed by atoms with Gasteiger partial charge in [0.25, 0.3) is 0 Å².